The van der Waals surface area contributed by atoms with E-state index in [4.69, 9.17) is 32.7 Å². The van der Waals surface area contributed by atoms with Crippen molar-refractivity contribution in [3.63, 3.8) is 0 Å². The van der Waals surface area contributed by atoms with Gasteiger partial charge in [0.2, 0.25) is 0 Å². The van der Waals surface area contributed by atoms with Crippen LogP contribution in [0.2, 0.25) is 10.0 Å². The number of hydrogen-bond donors (Lipinski definition) is 1. The fourth-order valence-corrected chi connectivity index (χ4v) is 1.89. The van der Waals surface area contributed by atoms with Crippen LogP contribution in [-0.2, 0) is 0 Å². The first-order chi connectivity index (χ1) is 8.43. The highest BCUT2D eigenvalue weighted by atomic mass is 35.5. The summed E-state index contributed by atoms with van der Waals surface area (Å²) in [5.74, 6) is 1.40. The molecule has 0 saturated carbocycles. The molecule has 1 unspecified atom stereocenters. The Morgan fingerprint density at radius 1 is 1.17 bits per heavy atom. The van der Waals surface area contributed by atoms with E-state index < -0.39 is 6.10 Å². The third-order valence-electron chi connectivity index (χ3n) is 2.38. The van der Waals surface area contributed by atoms with Crippen molar-refractivity contribution in [2.45, 2.75) is 26.4 Å². The highest BCUT2D eigenvalue weighted by Gasteiger charge is 2.12. The summed E-state index contributed by atoms with van der Waals surface area (Å²) in [5.41, 5.74) is 0. The molecule has 0 aliphatic carbocycles. The molecule has 1 atom stereocenters. The highest BCUT2D eigenvalue weighted by Crippen LogP contribution is 2.35. The first-order valence-corrected chi connectivity index (χ1v) is 6.53. The third-order valence-corrected chi connectivity index (χ3v) is 3.10. The molecule has 18 heavy (non-hydrogen) atoms. The topological polar surface area (TPSA) is 38.7 Å². The Bertz CT molecular complexity index is 394. The van der Waals surface area contributed by atoms with Crippen molar-refractivity contribution < 1.29 is 14.6 Å². The first-order valence-electron chi connectivity index (χ1n) is 5.78. The Kier molecular flexibility index (Phi) is 6.06. The van der Waals surface area contributed by atoms with E-state index in [0.717, 1.165) is 0 Å². The summed E-state index contributed by atoms with van der Waals surface area (Å²) >= 11 is 11.8. The van der Waals surface area contributed by atoms with Gasteiger partial charge in [-0.2, -0.15) is 0 Å². The van der Waals surface area contributed by atoms with Crippen molar-refractivity contribution in [3.05, 3.63) is 22.2 Å². The summed E-state index contributed by atoms with van der Waals surface area (Å²) < 4.78 is 10.7. The van der Waals surface area contributed by atoms with Crippen molar-refractivity contribution in [2.24, 2.45) is 5.92 Å². The number of halogens is 2. The van der Waals surface area contributed by atoms with E-state index in [2.05, 4.69) is 0 Å². The lowest BCUT2D eigenvalue weighted by atomic mass is 10.1. The molecule has 0 aliphatic heterocycles. The maximum Gasteiger partial charge on any atom is 0.162 e. The molecule has 0 aliphatic rings. The molecule has 0 fully saturated rings. The lowest BCUT2D eigenvalue weighted by molar-refractivity contribution is 0.0878. The van der Waals surface area contributed by atoms with Crippen LogP contribution < -0.4 is 9.47 Å². The fraction of sp³-hybridized carbons (Fsp3) is 0.538. The van der Waals surface area contributed by atoms with E-state index in [9.17, 15) is 5.11 Å². The molecule has 0 spiro atoms. The lowest BCUT2D eigenvalue weighted by Gasteiger charge is -2.16. The quantitative estimate of drug-likeness (QED) is 0.867. The van der Waals surface area contributed by atoms with E-state index >= 15 is 0 Å². The molecule has 102 valence electrons. The normalized spacial score (nSPS) is 12.6. The Hall–Kier alpha value is -0.640. The summed E-state index contributed by atoms with van der Waals surface area (Å²) in [7, 11) is 1.52. The molecule has 0 aromatic heterocycles. The van der Waals surface area contributed by atoms with Gasteiger partial charge in [-0.1, -0.05) is 37.0 Å². The number of methoxy groups -OCH3 is 1. The molecule has 1 aromatic carbocycles. The minimum Gasteiger partial charge on any atom is -0.493 e. The van der Waals surface area contributed by atoms with Gasteiger partial charge in [-0.3, -0.25) is 0 Å². The van der Waals surface area contributed by atoms with Gasteiger partial charge in [0.15, 0.2) is 11.5 Å². The van der Waals surface area contributed by atoms with Crippen LogP contribution >= 0.6 is 23.2 Å². The molecule has 5 heteroatoms. The zero-order chi connectivity index (χ0) is 13.7. The molecular weight excluding hydrogens is 275 g/mol. The zero-order valence-electron chi connectivity index (χ0n) is 10.7. The van der Waals surface area contributed by atoms with Gasteiger partial charge in [0.25, 0.3) is 0 Å². The maximum atomic E-state index is 9.74. The average Bonchev–Trinajstić information content (AvgIpc) is 2.29. The number of hydrogen-bond acceptors (Lipinski definition) is 3. The second-order valence-electron chi connectivity index (χ2n) is 4.51. The van der Waals surface area contributed by atoms with Crippen molar-refractivity contribution in [1.82, 2.24) is 0 Å². The Labute approximate surface area is 118 Å². The van der Waals surface area contributed by atoms with Gasteiger partial charge >= 0.3 is 0 Å². The van der Waals surface area contributed by atoms with Crippen molar-refractivity contribution in [2.75, 3.05) is 13.7 Å². The van der Waals surface area contributed by atoms with Gasteiger partial charge in [0.05, 0.1) is 23.3 Å². The summed E-state index contributed by atoms with van der Waals surface area (Å²) in [6, 6.07) is 3.18. The fourth-order valence-electron chi connectivity index (χ4n) is 1.58. The van der Waals surface area contributed by atoms with Crippen LogP contribution in [0.4, 0.5) is 0 Å². The predicted molar refractivity (Wildman–Crippen MR) is 74.0 cm³/mol. The van der Waals surface area contributed by atoms with E-state index in [1.165, 1.54) is 7.11 Å². The van der Waals surface area contributed by atoms with Crippen LogP contribution in [0, 0.1) is 5.92 Å². The molecule has 0 amide bonds. The van der Waals surface area contributed by atoms with E-state index in [0.29, 0.717) is 33.9 Å². The molecule has 1 N–H and O–H groups in total. The smallest absolute Gasteiger partial charge is 0.162 e. The van der Waals surface area contributed by atoms with Crippen molar-refractivity contribution >= 4 is 23.2 Å². The minimum absolute atomic E-state index is 0.201. The van der Waals surface area contributed by atoms with Crippen LogP contribution in [0.3, 0.4) is 0 Å². The highest BCUT2D eigenvalue weighted by molar-refractivity contribution is 6.42. The van der Waals surface area contributed by atoms with Gasteiger partial charge in [0, 0.05) is 12.1 Å². The Balaban J connectivity index is 2.69. The van der Waals surface area contributed by atoms with Gasteiger partial charge < -0.3 is 14.6 Å². The number of rotatable bonds is 6. The molecular formula is C13H18Cl2O3. The van der Waals surface area contributed by atoms with Gasteiger partial charge in [-0.15, -0.1) is 0 Å². The maximum absolute atomic E-state index is 9.74. The largest absolute Gasteiger partial charge is 0.493 e. The zero-order valence-corrected chi connectivity index (χ0v) is 12.3. The molecule has 0 bridgehead atoms. The molecule has 0 heterocycles. The van der Waals surface area contributed by atoms with Crippen molar-refractivity contribution in [3.8, 4) is 11.5 Å². The van der Waals surface area contributed by atoms with Gasteiger partial charge in [-0.05, 0) is 12.3 Å². The lowest BCUT2D eigenvalue weighted by Crippen LogP contribution is -2.19. The van der Waals surface area contributed by atoms with E-state index in [1.54, 1.807) is 12.1 Å². The second-order valence-corrected chi connectivity index (χ2v) is 5.33. The van der Waals surface area contributed by atoms with Gasteiger partial charge in [0.1, 0.15) is 6.61 Å². The van der Waals surface area contributed by atoms with Crippen LogP contribution in [0.15, 0.2) is 12.1 Å². The van der Waals surface area contributed by atoms with Gasteiger partial charge in [-0.25, -0.2) is 0 Å². The number of aliphatic hydroxyl groups is 1. The second kappa shape index (κ2) is 7.07. The minimum atomic E-state index is -0.510. The van der Waals surface area contributed by atoms with Crippen LogP contribution in [0.25, 0.3) is 0 Å². The predicted octanol–water partition coefficient (Wildman–Crippen LogP) is 3.79. The number of benzene rings is 1. The molecule has 1 rings (SSSR count). The summed E-state index contributed by atoms with van der Waals surface area (Å²) in [5, 5.41) is 10.5. The monoisotopic (exact) mass is 292 g/mol. The molecule has 1 aromatic rings. The molecule has 0 radical (unpaired) electrons. The number of ether oxygens (including phenoxy) is 2. The van der Waals surface area contributed by atoms with E-state index in [1.807, 2.05) is 13.8 Å². The SMILES string of the molecule is COc1cc(Cl)c(Cl)cc1OCC(O)CC(C)C. The average molecular weight is 293 g/mol. The first kappa shape index (κ1) is 15.4. The standard InChI is InChI=1S/C13H18Cl2O3/c1-8(2)4-9(16)7-18-13-6-11(15)10(14)5-12(13)17-3/h5-6,8-9,16H,4,7H2,1-3H3. The Morgan fingerprint density at radius 2 is 1.72 bits per heavy atom. The summed E-state index contributed by atoms with van der Waals surface area (Å²) in [6.07, 6.45) is 0.174. The number of aliphatic hydroxyl groups excluding tert-OH is 1. The van der Waals surface area contributed by atoms with E-state index in [-0.39, 0.29) is 6.61 Å². The van der Waals surface area contributed by atoms with Crippen molar-refractivity contribution in [1.29, 1.82) is 0 Å². The van der Waals surface area contributed by atoms with Crippen LogP contribution in [0.1, 0.15) is 20.3 Å². The van der Waals surface area contributed by atoms with Crippen LogP contribution in [0.5, 0.6) is 11.5 Å². The summed E-state index contributed by atoms with van der Waals surface area (Å²) in [6.45, 7) is 4.29. The third kappa shape index (κ3) is 4.56. The molecule has 0 saturated heterocycles. The summed E-state index contributed by atoms with van der Waals surface area (Å²) in [4.78, 5) is 0. The van der Waals surface area contributed by atoms with Crippen LogP contribution in [-0.4, -0.2) is 24.9 Å². The molecule has 3 nitrogen and oxygen atoms in total. The Morgan fingerprint density at radius 3 is 2.22 bits per heavy atom.